The number of hydrogen-bond donors (Lipinski definition) is 1. The Hall–Kier alpha value is -2.09. The first-order valence-corrected chi connectivity index (χ1v) is 10.3. The third-order valence-corrected chi connectivity index (χ3v) is 5.66. The van der Waals surface area contributed by atoms with Crippen LogP contribution in [-0.4, -0.2) is 79.0 Å². The van der Waals surface area contributed by atoms with Gasteiger partial charge in [-0.3, -0.25) is 4.90 Å². The van der Waals surface area contributed by atoms with Crippen molar-refractivity contribution < 1.29 is 14.3 Å². The van der Waals surface area contributed by atoms with E-state index in [1.165, 1.54) is 5.52 Å². The van der Waals surface area contributed by atoms with Crippen molar-refractivity contribution in [2.45, 2.75) is 26.0 Å². The van der Waals surface area contributed by atoms with Crippen molar-refractivity contribution in [2.24, 2.45) is 0 Å². The minimum Gasteiger partial charge on any atom is -0.379 e. The van der Waals surface area contributed by atoms with Gasteiger partial charge >= 0.3 is 6.03 Å². The van der Waals surface area contributed by atoms with Crippen molar-refractivity contribution in [1.82, 2.24) is 14.4 Å². The van der Waals surface area contributed by atoms with Crippen molar-refractivity contribution in [3.05, 3.63) is 30.5 Å². The summed E-state index contributed by atoms with van der Waals surface area (Å²) in [6.07, 6.45) is 3.19. The minimum atomic E-state index is -0.0483. The number of morpholine rings is 2. The third kappa shape index (κ3) is 4.48. The second-order valence-electron chi connectivity index (χ2n) is 7.51. The number of nitrogens with one attached hydrogen (secondary N) is 1. The summed E-state index contributed by atoms with van der Waals surface area (Å²) in [6, 6.07) is 8.21. The SMILES string of the molecule is CCC1CN(C(=O)Nc2ccc3c(ccn3CCN3CCOCC3)c2)CCO1. The average molecular weight is 386 g/mol. The molecule has 4 rings (SSSR count). The van der Waals surface area contributed by atoms with Crippen LogP contribution in [0.5, 0.6) is 0 Å². The summed E-state index contributed by atoms with van der Waals surface area (Å²) in [6.45, 7) is 9.66. The largest absolute Gasteiger partial charge is 0.379 e. The molecule has 0 aliphatic carbocycles. The lowest BCUT2D eigenvalue weighted by Crippen LogP contribution is -2.47. The lowest BCUT2D eigenvalue weighted by molar-refractivity contribution is -0.0134. The maximum atomic E-state index is 12.6. The first-order valence-electron chi connectivity index (χ1n) is 10.3. The molecule has 1 unspecified atom stereocenters. The highest BCUT2D eigenvalue weighted by Crippen LogP contribution is 2.21. The van der Waals surface area contributed by atoms with Gasteiger partial charge in [-0.1, -0.05) is 6.92 Å². The molecule has 0 radical (unpaired) electrons. The van der Waals surface area contributed by atoms with Crippen LogP contribution in [0.4, 0.5) is 10.5 Å². The van der Waals surface area contributed by atoms with Crippen LogP contribution in [0.1, 0.15) is 13.3 Å². The first kappa shape index (κ1) is 19.2. The maximum Gasteiger partial charge on any atom is 0.322 e. The number of urea groups is 1. The van der Waals surface area contributed by atoms with Crippen LogP contribution in [0.25, 0.3) is 10.9 Å². The average Bonchev–Trinajstić information content (AvgIpc) is 3.15. The normalized spacial score (nSPS) is 21.2. The predicted octanol–water partition coefficient (Wildman–Crippen LogP) is 2.62. The number of fused-ring (bicyclic) bond motifs is 1. The summed E-state index contributed by atoms with van der Waals surface area (Å²) in [4.78, 5) is 16.9. The molecular weight excluding hydrogens is 356 g/mol. The zero-order valence-electron chi connectivity index (χ0n) is 16.6. The number of carbonyl (C=O) groups excluding carboxylic acids is 1. The summed E-state index contributed by atoms with van der Waals surface area (Å²) >= 11 is 0. The Balaban J connectivity index is 1.37. The Bertz CT molecular complexity index is 800. The molecular formula is C21H30N4O3. The van der Waals surface area contributed by atoms with Crippen LogP contribution in [-0.2, 0) is 16.0 Å². The van der Waals surface area contributed by atoms with Gasteiger partial charge in [-0.2, -0.15) is 0 Å². The Morgan fingerprint density at radius 3 is 2.82 bits per heavy atom. The number of benzene rings is 1. The first-order chi connectivity index (χ1) is 13.7. The summed E-state index contributed by atoms with van der Waals surface area (Å²) < 4.78 is 13.3. The van der Waals surface area contributed by atoms with Gasteiger partial charge in [-0.15, -0.1) is 0 Å². The van der Waals surface area contributed by atoms with Crippen LogP contribution in [0.3, 0.4) is 0 Å². The number of nitrogens with zero attached hydrogens (tertiary/aromatic N) is 3. The number of carbonyl (C=O) groups is 1. The third-order valence-electron chi connectivity index (χ3n) is 5.66. The van der Waals surface area contributed by atoms with E-state index in [1.54, 1.807) is 0 Å². The van der Waals surface area contributed by atoms with Gasteiger partial charge in [0.2, 0.25) is 0 Å². The second-order valence-corrected chi connectivity index (χ2v) is 7.51. The van der Waals surface area contributed by atoms with Gasteiger partial charge in [-0.05, 0) is 30.7 Å². The summed E-state index contributed by atoms with van der Waals surface area (Å²) in [5.74, 6) is 0. The molecule has 0 saturated carbocycles. The molecule has 2 aliphatic heterocycles. The van der Waals surface area contributed by atoms with Crippen LogP contribution in [0.15, 0.2) is 30.5 Å². The van der Waals surface area contributed by atoms with Crippen molar-refractivity contribution in [3.63, 3.8) is 0 Å². The molecule has 2 aliphatic rings. The van der Waals surface area contributed by atoms with E-state index in [1.807, 2.05) is 11.0 Å². The van der Waals surface area contributed by atoms with E-state index in [9.17, 15) is 4.79 Å². The summed E-state index contributed by atoms with van der Waals surface area (Å²) in [5, 5.41) is 4.19. The zero-order valence-corrected chi connectivity index (χ0v) is 16.6. The van der Waals surface area contributed by atoms with E-state index in [-0.39, 0.29) is 12.1 Å². The maximum absolute atomic E-state index is 12.6. The molecule has 3 heterocycles. The number of rotatable bonds is 5. The second kappa shape index (κ2) is 8.94. The molecule has 1 aromatic heterocycles. The molecule has 2 saturated heterocycles. The molecule has 1 N–H and O–H groups in total. The van der Waals surface area contributed by atoms with Gasteiger partial charge in [0.25, 0.3) is 0 Å². The van der Waals surface area contributed by atoms with Gasteiger partial charge in [0.15, 0.2) is 0 Å². The zero-order chi connectivity index (χ0) is 19.3. The van der Waals surface area contributed by atoms with Crippen molar-refractivity contribution in [3.8, 4) is 0 Å². The number of aromatic nitrogens is 1. The van der Waals surface area contributed by atoms with Crippen LogP contribution >= 0.6 is 0 Å². The van der Waals surface area contributed by atoms with Crippen LogP contribution in [0, 0.1) is 0 Å². The lowest BCUT2D eigenvalue weighted by atomic mass is 10.2. The quantitative estimate of drug-likeness (QED) is 0.858. The molecule has 28 heavy (non-hydrogen) atoms. The molecule has 152 valence electrons. The van der Waals surface area contributed by atoms with Crippen LogP contribution in [0.2, 0.25) is 0 Å². The molecule has 7 heteroatoms. The lowest BCUT2D eigenvalue weighted by Gasteiger charge is -2.32. The van der Waals surface area contributed by atoms with E-state index in [0.29, 0.717) is 19.7 Å². The number of ether oxygens (including phenoxy) is 2. The molecule has 2 aromatic rings. The van der Waals surface area contributed by atoms with Crippen LogP contribution < -0.4 is 5.32 Å². The van der Waals surface area contributed by atoms with Crippen molar-refractivity contribution in [1.29, 1.82) is 0 Å². The van der Waals surface area contributed by atoms with Crippen molar-refractivity contribution in [2.75, 3.05) is 57.9 Å². The molecule has 1 aromatic carbocycles. The molecule has 2 amide bonds. The predicted molar refractivity (Wildman–Crippen MR) is 110 cm³/mol. The smallest absolute Gasteiger partial charge is 0.322 e. The minimum absolute atomic E-state index is 0.0483. The highest BCUT2D eigenvalue weighted by molar-refractivity contribution is 5.93. The Morgan fingerprint density at radius 1 is 1.14 bits per heavy atom. The standard InChI is InChI=1S/C21H30N4O3/c1-2-19-16-25(11-14-28-19)21(26)22-18-3-4-20-17(15-18)5-6-24(20)8-7-23-9-12-27-13-10-23/h3-6,15,19H,2,7-14,16H2,1H3,(H,22,26). The Morgan fingerprint density at radius 2 is 2.00 bits per heavy atom. The van der Waals surface area contributed by atoms with Gasteiger partial charge in [-0.25, -0.2) is 4.79 Å². The topological polar surface area (TPSA) is 59.0 Å². The van der Waals surface area contributed by atoms with Gasteiger partial charge in [0.1, 0.15) is 0 Å². The fourth-order valence-electron chi connectivity index (χ4n) is 3.90. The Labute approximate surface area is 166 Å². The Kier molecular flexibility index (Phi) is 6.14. The van der Waals surface area contributed by atoms with Gasteiger partial charge in [0, 0.05) is 62.1 Å². The summed E-state index contributed by atoms with van der Waals surface area (Å²) in [7, 11) is 0. The molecule has 1 atom stereocenters. The highest BCUT2D eigenvalue weighted by Gasteiger charge is 2.23. The van der Waals surface area contributed by atoms with E-state index in [4.69, 9.17) is 9.47 Å². The molecule has 0 spiro atoms. The van der Waals surface area contributed by atoms with E-state index in [0.717, 1.165) is 56.9 Å². The summed E-state index contributed by atoms with van der Waals surface area (Å²) in [5.41, 5.74) is 2.03. The van der Waals surface area contributed by atoms with Crippen molar-refractivity contribution >= 4 is 22.6 Å². The van der Waals surface area contributed by atoms with E-state index < -0.39 is 0 Å². The number of anilines is 1. The van der Waals surface area contributed by atoms with Gasteiger partial charge in [0.05, 0.1) is 25.9 Å². The number of hydrogen-bond acceptors (Lipinski definition) is 4. The fraction of sp³-hybridized carbons (Fsp3) is 0.571. The molecule has 0 bridgehead atoms. The fourth-order valence-corrected chi connectivity index (χ4v) is 3.90. The van der Waals surface area contributed by atoms with Gasteiger partial charge < -0.3 is 24.3 Å². The molecule has 2 fully saturated rings. The monoisotopic (exact) mass is 386 g/mol. The van der Waals surface area contributed by atoms with E-state index in [2.05, 4.69) is 46.1 Å². The highest BCUT2D eigenvalue weighted by atomic mass is 16.5. The molecule has 7 nitrogen and oxygen atoms in total. The van der Waals surface area contributed by atoms with E-state index >= 15 is 0 Å². The number of amides is 2.